The lowest BCUT2D eigenvalue weighted by Gasteiger charge is -2.30. The largest absolute Gasteiger partial charge is 0.351 e. The second-order valence-electron chi connectivity index (χ2n) is 5.76. The standard InChI is InChI=1S/C16H25N3O.2ClH/c1-12(14-8-5-9-18-11-14)16(20)19-15(10-17)13-6-3-2-4-7-13;;/h5,8-9,11-13,15H,2-4,6-7,10,17H2,1H3,(H,19,20);2*1H. The molecule has 2 unspecified atom stereocenters. The van der Waals surface area contributed by atoms with E-state index in [0.29, 0.717) is 12.5 Å². The Hall–Kier alpha value is -0.840. The number of amides is 1. The first-order chi connectivity index (χ1) is 9.72. The van der Waals surface area contributed by atoms with E-state index in [1.165, 1.54) is 32.1 Å². The average Bonchev–Trinajstić information content (AvgIpc) is 2.53. The van der Waals surface area contributed by atoms with Gasteiger partial charge >= 0.3 is 0 Å². The lowest BCUT2D eigenvalue weighted by atomic mass is 9.83. The third kappa shape index (κ3) is 5.75. The topological polar surface area (TPSA) is 68.0 Å². The highest BCUT2D eigenvalue weighted by atomic mass is 35.5. The van der Waals surface area contributed by atoms with E-state index in [-0.39, 0.29) is 42.7 Å². The number of halogens is 2. The van der Waals surface area contributed by atoms with Gasteiger partial charge in [-0.05, 0) is 37.3 Å². The Kier molecular flexibility index (Phi) is 10.4. The molecule has 1 fully saturated rings. The smallest absolute Gasteiger partial charge is 0.227 e. The van der Waals surface area contributed by atoms with Crippen LogP contribution in [-0.2, 0) is 4.79 Å². The van der Waals surface area contributed by atoms with Crippen LogP contribution in [-0.4, -0.2) is 23.5 Å². The fourth-order valence-corrected chi connectivity index (χ4v) is 3.00. The number of rotatable bonds is 5. The van der Waals surface area contributed by atoms with E-state index < -0.39 is 0 Å². The molecule has 1 aromatic heterocycles. The SMILES string of the molecule is CC(C(=O)NC(CN)C1CCCCC1)c1cccnc1.Cl.Cl. The van der Waals surface area contributed by atoms with Crippen LogP contribution >= 0.6 is 24.8 Å². The second kappa shape index (κ2) is 10.8. The summed E-state index contributed by atoms with van der Waals surface area (Å²) in [4.78, 5) is 16.4. The van der Waals surface area contributed by atoms with Crippen LogP contribution in [0.4, 0.5) is 0 Å². The van der Waals surface area contributed by atoms with Gasteiger partial charge in [0.2, 0.25) is 5.91 Å². The van der Waals surface area contributed by atoms with Gasteiger partial charge in [0.25, 0.3) is 0 Å². The summed E-state index contributed by atoms with van der Waals surface area (Å²) in [6.45, 7) is 2.44. The molecule has 0 aliphatic heterocycles. The highest BCUT2D eigenvalue weighted by Crippen LogP contribution is 2.26. The summed E-state index contributed by atoms with van der Waals surface area (Å²) in [7, 11) is 0. The maximum atomic E-state index is 12.4. The van der Waals surface area contributed by atoms with Crippen molar-refractivity contribution in [1.29, 1.82) is 0 Å². The second-order valence-corrected chi connectivity index (χ2v) is 5.76. The van der Waals surface area contributed by atoms with Crippen molar-refractivity contribution in [2.75, 3.05) is 6.54 Å². The number of nitrogens with one attached hydrogen (secondary N) is 1. The third-order valence-electron chi connectivity index (χ3n) is 4.38. The summed E-state index contributed by atoms with van der Waals surface area (Å²) in [5.74, 6) is 0.416. The lowest BCUT2D eigenvalue weighted by Crippen LogP contribution is -2.47. The van der Waals surface area contributed by atoms with Crippen molar-refractivity contribution < 1.29 is 4.79 Å². The lowest BCUT2D eigenvalue weighted by molar-refractivity contribution is -0.123. The molecule has 126 valence electrons. The van der Waals surface area contributed by atoms with Gasteiger partial charge in [0.15, 0.2) is 0 Å². The first-order valence-electron chi connectivity index (χ1n) is 7.62. The normalized spacial score (nSPS) is 17.5. The molecule has 1 aliphatic rings. The molecular weight excluding hydrogens is 321 g/mol. The first kappa shape index (κ1) is 21.2. The Morgan fingerprint density at radius 2 is 2.05 bits per heavy atom. The van der Waals surface area contributed by atoms with Gasteiger partial charge in [-0.1, -0.05) is 25.3 Å². The average molecular weight is 348 g/mol. The molecule has 6 heteroatoms. The number of pyridine rings is 1. The van der Waals surface area contributed by atoms with Gasteiger partial charge in [0, 0.05) is 25.0 Å². The molecule has 0 aromatic carbocycles. The van der Waals surface area contributed by atoms with Crippen LogP contribution in [0, 0.1) is 5.92 Å². The summed E-state index contributed by atoms with van der Waals surface area (Å²) in [6.07, 6.45) is 9.67. The summed E-state index contributed by atoms with van der Waals surface area (Å²) < 4.78 is 0. The van der Waals surface area contributed by atoms with Crippen molar-refractivity contribution in [1.82, 2.24) is 10.3 Å². The molecule has 1 amide bonds. The number of carbonyl (C=O) groups is 1. The van der Waals surface area contributed by atoms with Crippen LogP contribution in [0.3, 0.4) is 0 Å². The Balaban J connectivity index is 0.00000220. The molecule has 2 atom stereocenters. The van der Waals surface area contributed by atoms with Crippen molar-refractivity contribution in [2.45, 2.75) is 51.0 Å². The van der Waals surface area contributed by atoms with Crippen LogP contribution in [0.25, 0.3) is 0 Å². The summed E-state index contributed by atoms with van der Waals surface area (Å²) in [5, 5.41) is 3.14. The molecule has 4 nitrogen and oxygen atoms in total. The Labute approximate surface area is 145 Å². The van der Waals surface area contributed by atoms with Crippen LogP contribution in [0.2, 0.25) is 0 Å². The highest BCUT2D eigenvalue weighted by molar-refractivity contribution is 5.85. The maximum Gasteiger partial charge on any atom is 0.227 e. The monoisotopic (exact) mass is 347 g/mol. The number of hydrogen-bond donors (Lipinski definition) is 2. The van der Waals surface area contributed by atoms with Gasteiger partial charge < -0.3 is 11.1 Å². The predicted molar refractivity (Wildman–Crippen MR) is 94.7 cm³/mol. The van der Waals surface area contributed by atoms with Crippen LogP contribution in [0.15, 0.2) is 24.5 Å². The van der Waals surface area contributed by atoms with Gasteiger partial charge in [-0.3, -0.25) is 9.78 Å². The first-order valence-corrected chi connectivity index (χ1v) is 7.62. The zero-order chi connectivity index (χ0) is 14.4. The molecule has 22 heavy (non-hydrogen) atoms. The van der Waals surface area contributed by atoms with Gasteiger partial charge in [-0.15, -0.1) is 24.8 Å². The van der Waals surface area contributed by atoms with Gasteiger partial charge in [0.1, 0.15) is 0 Å². The minimum Gasteiger partial charge on any atom is -0.351 e. The van der Waals surface area contributed by atoms with E-state index >= 15 is 0 Å². The van der Waals surface area contributed by atoms with Gasteiger partial charge in [-0.2, -0.15) is 0 Å². The summed E-state index contributed by atoms with van der Waals surface area (Å²) >= 11 is 0. The van der Waals surface area contributed by atoms with E-state index in [4.69, 9.17) is 5.73 Å². The number of nitrogens with zero attached hydrogens (tertiary/aromatic N) is 1. The Morgan fingerprint density at radius 3 is 2.59 bits per heavy atom. The van der Waals surface area contributed by atoms with Crippen LogP contribution in [0.1, 0.15) is 50.5 Å². The van der Waals surface area contributed by atoms with E-state index in [1.54, 1.807) is 12.4 Å². The summed E-state index contributed by atoms with van der Waals surface area (Å²) in [6, 6.07) is 3.91. The maximum absolute atomic E-state index is 12.4. The molecule has 0 spiro atoms. The Morgan fingerprint density at radius 1 is 1.36 bits per heavy atom. The fourth-order valence-electron chi connectivity index (χ4n) is 3.00. The molecule has 1 aromatic rings. The molecule has 1 aliphatic carbocycles. The number of aromatic nitrogens is 1. The quantitative estimate of drug-likeness (QED) is 0.859. The van der Waals surface area contributed by atoms with Crippen LogP contribution < -0.4 is 11.1 Å². The van der Waals surface area contributed by atoms with Crippen molar-refractivity contribution in [3.05, 3.63) is 30.1 Å². The van der Waals surface area contributed by atoms with E-state index in [1.807, 2.05) is 19.1 Å². The van der Waals surface area contributed by atoms with Crippen molar-refractivity contribution in [3.8, 4) is 0 Å². The molecule has 1 heterocycles. The number of carbonyl (C=O) groups excluding carboxylic acids is 1. The molecule has 3 N–H and O–H groups in total. The van der Waals surface area contributed by atoms with Crippen LogP contribution in [0.5, 0.6) is 0 Å². The van der Waals surface area contributed by atoms with E-state index in [2.05, 4.69) is 10.3 Å². The highest BCUT2D eigenvalue weighted by Gasteiger charge is 2.26. The zero-order valence-electron chi connectivity index (χ0n) is 13.0. The van der Waals surface area contributed by atoms with Gasteiger partial charge in [0.05, 0.1) is 5.92 Å². The van der Waals surface area contributed by atoms with Crippen molar-refractivity contribution in [3.63, 3.8) is 0 Å². The molecule has 0 saturated heterocycles. The minimum absolute atomic E-state index is 0. The number of hydrogen-bond acceptors (Lipinski definition) is 3. The molecule has 0 bridgehead atoms. The molecular formula is C16H27Cl2N3O. The van der Waals surface area contributed by atoms with Crippen molar-refractivity contribution >= 4 is 30.7 Å². The zero-order valence-corrected chi connectivity index (χ0v) is 14.7. The molecule has 2 rings (SSSR count). The van der Waals surface area contributed by atoms with E-state index in [0.717, 1.165) is 5.56 Å². The van der Waals surface area contributed by atoms with Gasteiger partial charge in [-0.25, -0.2) is 0 Å². The molecule has 1 saturated carbocycles. The third-order valence-corrected chi connectivity index (χ3v) is 4.38. The minimum atomic E-state index is -0.179. The number of nitrogens with two attached hydrogens (primary N) is 1. The predicted octanol–water partition coefficient (Wildman–Crippen LogP) is 3.05. The molecule has 0 radical (unpaired) electrons. The van der Waals surface area contributed by atoms with E-state index in [9.17, 15) is 4.79 Å². The Bertz CT molecular complexity index is 425. The van der Waals surface area contributed by atoms with Crippen molar-refractivity contribution in [2.24, 2.45) is 11.7 Å². The fraction of sp³-hybridized carbons (Fsp3) is 0.625. The summed E-state index contributed by atoms with van der Waals surface area (Å²) in [5.41, 5.74) is 6.81.